The standard InChI is InChI=1S/C13H17N3O5S/c17-12(18)7-8-14-13(19)15-9-3-5-11(6-4-9)22(20,21)16-10-1-2-10/h3-6,10,16H,1-2,7-8H2,(H,17,18)(H2,14,15,19). The van der Waals surface area contributed by atoms with Gasteiger partial charge in [-0.1, -0.05) is 0 Å². The van der Waals surface area contributed by atoms with Crippen LogP contribution in [-0.4, -0.2) is 38.1 Å². The number of carbonyl (C=O) groups is 2. The van der Waals surface area contributed by atoms with Crippen LogP contribution in [-0.2, 0) is 14.8 Å². The summed E-state index contributed by atoms with van der Waals surface area (Å²) < 4.78 is 26.5. The molecule has 2 amide bonds. The fourth-order valence-electron chi connectivity index (χ4n) is 1.66. The molecule has 0 saturated heterocycles. The van der Waals surface area contributed by atoms with Crippen LogP contribution in [0.25, 0.3) is 0 Å². The van der Waals surface area contributed by atoms with Crippen LogP contribution < -0.4 is 15.4 Å². The highest BCUT2D eigenvalue weighted by atomic mass is 32.2. The Morgan fingerprint density at radius 2 is 1.82 bits per heavy atom. The lowest BCUT2D eigenvalue weighted by molar-refractivity contribution is -0.136. The smallest absolute Gasteiger partial charge is 0.319 e. The van der Waals surface area contributed by atoms with Crippen LogP contribution in [0.15, 0.2) is 29.2 Å². The predicted octanol–water partition coefficient (Wildman–Crippen LogP) is 0.723. The molecule has 1 aromatic carbocycles. The molecule has 0 aromatic heterocycles. The van der Waals surface area contributed by atoms with Gasteiger partial charge in [0.2, 0.25) is 10.0 Å². The summed E-state index contributed by atoms with van der Waals surface area (Å²) in [5, 5.41) is 13.3. The summed E-state index contributed by atoms with van der Waals surface area (Å²) >= 11 is 0. The summed E-state index contributed by atoms with van der Waals surface area (Å²) in [7, 11) is -3.51. The maximum absolute atomic E-state index is 12.0. The Bertz CT molecular complexity index is 653. The lowest BCUT2D eigenvalue weighted by Crippen LogP contribution is -2.30. The molecule has 0 unspecified atom stereocenters. The number of urea groups is 1. The molecule has 1 aromatic rings. The SMILES string of the molecule is O=C(O)CCNC(=O)Nc1ccc(S(=O)(=O)NC2CC2)cc1. The van der Waals surface area contributed by atoms with Gasteiger partial charge in [0.05, 0.1) is 11.3 Å². The number of carboxylic acids is 1. The molecule has 1 saturated carbocycles. The maximum atomic E-state index is 12.0. The zero-order valence-electron chi connectivity index (χ0n) is 11.7. The second kappa shape index (κ2) is 6.75. The van der Waals surface area contributed by atoms with Crippen molar-refractivity contribution in [2.24, 2.45) is 0 Å². The minimum absolute atomic E-state index is 0.0128. The van der Waals surface area contributed by atoms with Gasteiger partial charge in [-0.15, -0.1) is 0 Å². The monoisotopic (exact) mass is 327 g/mol. The van der Waals surface area contributed by atoms with E-state index < -0.39 is 22.0 Å². The van der Waals surface area contributed by atoms with E-state index in [1.807, 2.05) is 0 Å². The number of aliphatic carboxylic acids is 1. The number of rotatable bonds is 7. The highest BCUT2D eigenvalue weighted by Crippen LogP contribution is 2.22. The van der Waals surface area contributed by atoms with Crippen molar-refractivity contribution in [1.82, 2.24) is 10.0 Å². The van der Waals surface area contributed by atoms with Crippen LogP contribution >= 0.6 is 0 Å². The molecule has 0 radical (unpaired) electrons. The third-order valence-electron chi connectivity index (χ3n) is 2.95. The lowest BCUT2D eigenvalue weighted by Gasteiger charge is -2.08. The summed E-state index contributed by atoms with van der Waals surface area (Å²) in [6.07, 6.45) is 1.54. The number of nitrogens with one attached hydrogen (secondary N) is 3. The molecule has 0 spiro atoms. The highest BCUT2D eigenvalue weighted by molar-refractivity contribution is 7.89. The Hall–Kier alpha value is -2.13. The average molecular weight is 327 g/mol. The molecule has 8 nitrogen and oxygen atoms in total. The van der Waals surface area contributed by atoms with Crippen LogP contribution in [0.4, 0.5) is 10.5 Å². The molecule has 1 fully saturated rings. The summed E-state index contributed by atoms with van der Waals surface area (Å²) in [5.41, 5.74) is 0.415. The molecule has 0 bridgehead atoms. The summed E-state index contributed by atoms with van der Waals surface area (Å²) in [6, 6.07) is 5.22. The lowest BCUT2D eigenvalue weighted by atomic mass is 10.3. The predicted molar refractivity (Wildman–Crippen MR) is 79.1 cm³/mol. The molecule has 0 aliphatic heterocycles. The maximum Gasteiger partial charge on any atom is 0.319 e. The highest BCUT2D eigenvalue weighted by Gasteiger charge is 2.27. The van der Waals surface area contributed by atoms with Crippen LogP contribution in [0.3, 0.4) is 0 Å². The third kappa shape index (κ3) is 5.01. The fraction of sp³-hybridized carbons (Fsp3) is 0.385. The molecule has 22 heavy (non-hydrogen) atoms. The molecule has 4 N–H and O–H groups in total. The van der Waals surface area contributed by atoms with E-state index in [1.165, 1.54) is 24.3 Å². The Kier molecular flexibility index (Phi) is 4.99. The first kappa shape index (κ1) is 16.2. The quantitative estimate of drug-likeness (QED) is 0.587. The molecule has 120 valence electrons. The van der Waals surface area contributed by atoms with Crippen molar-refractivity contribution in [3.8, 4) is 0 Å². The molecular weight excluding hydrogens is 310 g/mol. The topological polar surface area (TPSA) is 125 Å². The molecule has 0 heterocycles. The van der Waals surface area contributed by atoms with E-state index in [-0.39, 0.29) is 23.9 Å². The van der Waals surface area contributed by atoms with E-state index in [4.69, 9.17) is 5.11 Å². The number of amides is 2. The van der Waals surface area contributed by atoms with Gasteiger partial charge in [-0.25, -0.2) is 17.9 Å². The largest absolute Gasteiger partial charge is 0.481 e. The van der Waals surface area contributed by atoms with E-state index in [9.17, 15) is 18.0 Å². The van der Waals surface area contributed by atoms with Gasteiger partial charge in [0.1, 0.15) is 0 Å². The van der Waals surface area contributed by atoms with Crippen LogP contribution in [0.1, 0.15) is 19.3 Å². The molecule has 1 aliphatic rings. The van der Waals surface area contributed by atoms with Gasteiger partial charge in [-0.3, -0.25) is 4.79 Å². The molecule has 9 heteroatoms. The second-order valence-corrected chi connectivity index (χ2v) is 6.66. The van der Waals surface area contributed by atoms with Gasteiger partial charge in [0.15, 0.2) is 0 Å². The zero-order chi connectivity index (χ0) is 16.2. The normalized spacial score (nSPS) is 14.4. The number of carbonyl (C=O) groups excluding carboxylic acids is 1. The number of sulfonamides is 1. The van der Waals surface area contributed by atoms with Gasteiger partial charge < -0.3 is 15.7 Å². The van der Waals surface area contributed by atoms with Gasteiger partial charge in [0.25, 0.3) is 0 Å². The number of carboxylic acid groups (broad SMARTS) is 1. The summed E-state index contributed by atoms with van der Waals surface area (Å²) in [5.74, 6) is -1.00. The van der Waals surface area contributed by atoms with Crippen LogP contribution in [0.5, 0.6) is 0 Å². The van der Waals surface area contributed by atoms with Crippen molar-refractivity contribution < 1.29 is 23.1 Å². The molecule has 0 atom stereocenters. The van der Waals surface area contributed by atoms with Crippen molar-refractivity contribution in [1.29, 1.82) is 0 Å². The van der Waals surface area contributed by atoms with Crippen LogP contribution in [0.2, 0.25) is 0 Å². The van der Waals surface area contributed by atoms with Gasteiger partial charge in [-0.2, -0.15) is 0 Å². The van der Waals surface area contributed by atoms with Crippen molar-refractivity contribution in [3.05, 3.63) is 24.3 Å². The first-order valence-corrected chi connectivity index (χ1v) is 8.24. The fourth-order valence-corrected chi connectivity index (χ4v) is 2.97. The number of anilines is 1. The summed E-state index contributed by atoms with van der Waals surface area (Å²) in [6.45, 7) is 0.0128. The zero-order valence-corrected chi connectivity index (χ0v) is 12.5. The van der Waals surface area contributed by atoms with Gasteiger partial charge in [-0.05, 0) is 37.1 Å². The first-order chi connectivity index (χ1) is 10.4. The van der Waals surface area contributed by atoms with Crippen molar-refractivity contribution in [2.75, 3.05) is 11.9 Å². The van der Waals surface area contributed by atoms with E-state index in [1.54, 1.807) is 0 Å². The van der Waals surface area contributed by atoms with E-state index in [0.29, 0.717) is 5.69 Å². The Morgan fingerprint density at radius 3 is 2.36 bits per heavy atom. The van der Waals surface area contributed by atoms with E-state index >= 15 is 0 Å². The minimum atomic E-state index is -3.51. The van der Waals surface area contributed by atoms with Gasteiger partial charge in [0, 0.05) is 18.3 Å². The van der Waals surface area contributed by atoms with Crippen LogP contribution in [0, 0.1) is 0 Å². The number of hydrogen-bond donors (Lipinski definition) is 4. The second-order valence-electron chi connectivity index (χ2n) is 4.94. The first-order valence-electron chi connectivity index (χ1n) is 6.76. The van der Waals surface area contributed by atoms with Gasteiger partial charge >= 0.3 is 12.0 Å². The van der Waals surface area contributed by atoms with Crippen molar-refractivity contribution >= 4 is 27.7 Å². The molecular formula is C13H17N3O5S. The van der Waals surface area contributed by atoms with Crippen molar-refractivity contribution in [2.45, 2.75) is 30.2 Å². The summed E-state index contributed by atoms with van der Waals surface area (Å²) in [4.78, 5) is 21.9. The Morgan fingerprint density at radius 1 is 1.18 bits per heavy atom. The molecule has 1 aliphatic carbocycles. The van der Waals surface area contributed by atoms with E-state index in [2.05, 4.69) is 15.4 Å². The third-order valence-corrected chi connectivity index (χ3v) is 4.48. The number of benzene rings is 1. The molecule has 2 rings (SSSR count). The minimum Gasteiger partial charge on any atom is -0.481 e. The Balaban J connectivity index is 1.88. The average Bonchev–Trinajstić information content (AvgIpc) is 3.22. The Labute approximate surface area is 128 Å². The van der Waals surface area contributed by atoms with E-state index in [0.717, 1.165) is 12.8 Å². The number of hydrogen-bond acceptors (Lipinski definition) is 4. The van der Waals surface area contributed by atoms with Crippen molar-refractivity contribution in [3.63, 3.8) is 0 Å².